The van der Waals surface area contributed by atoms with E-state index in [1.807, 2.05) is 6.92 Å². The highest BCUT2D eigenvalue weighted by molar-refractivity contribution is 7.91. The summed E-state index contributed by atoms with van der Waals surface area (Å²) in [7, 11) is -3.33. The molecule has 1 aromatic rings. The van der Waals surface area contributed by atoms with Crippen molar-refractivity contribution in [1.29, 1.82) is 0 Å². The zero-order valence-electron chi connectivity index (χ0n) is 12.7. The molecular weight excluding hydrogens is 308 g/mol. The molecular formula is C13H24N4O2S2. The fourth-order valence-corrected chi connectivity index (χ4v) is 5.45. The molecule has 2 rings (SSSR count). The molecule has 0 aromatic carbocycles. The van der Waals surface area contributed by atoms with E-state index >= 15 is 0 Å². The minimum atomic E-state index is -3.33. The molecule has 0 bridgehead atoms. The molecule has 1 saturated heterocycles. The molecule has 0 radical (unpaired) electrons. The normalized spacial score (nSPS) is 17.3. The first-order valence-electron chi connectivity index (χ1n) is 7.44. The molecule has 1 aromatic heterocycles. The maximum atomic E-state index is 12.4. The quantitative estimate of drug-likeness (QED) is 0.849. The second kappa shape index (κ2) is 6.93. The van der Waals surface area contributed by atoms with Gasteiger partial charge in [-0.25, -0.2) is 8.42 Å². The molecule has 1 aliphatic heterocycles. The molecule has 6 nitrogen and oxygen atoms in total. The Morgan fingerprint density at radius 1 is 1.19 bits per heavy atom. The van der Waals surface area contributed by atoms with Crippen LogP contribution in [0.25, 0.3) is 0 Å². The molecule has 8 heteroatoms. The second-order valence-electron chi connectivity index (χ2n) is 5.35. The molecule has 0 amide bonds. The molecule has 1 aliphatic rings. The Hall–Kier alpha value is -0.860. The Labute approximate surface area is 131 Å². The standard InChI is InChI=1S/C13H24N4O2S2/c1-3-5-16-6-8-17(9-7-16)13-11(12(14)15-20-13)21(18,19)10-4-2/h3-10H2,1-2H3,(H2,14,15). The minimum Gasteiger partial charge on any atom is -0.382 e. The average Bonchev–Trinajstić information content (AvgIpc) is 2.83. The number of sulfone groups is 1. The van der Waals surface area contributed by atoms with Crippen molar-refractivity contribution in [2.24, 2.45) is 0 Å². The van der Waals surface area contributed by atoms with E-state index in [1.54, 1.807) is 0 Å². The first-order valence-corrected chi connectivity index (χ1v) is 9.87. The summed E-state index contributed by atoms with van der Waals surface area (Å²) in [6.07, 6.45) is 1.73. The second-order valence-corrected chi connectivity index (χ2v) is 8.15. The van der Waals surface area contributed by atoms with Gasteiger partial charge < -0.3 is 10.6 Å². The predicted molar refractivity (Wildman–Crippen MR) is 87.8 cm³/mol. The first kappa shape index (κ1) is 16.5. The lowest BCUT2D eigenvalue weighted by molar-refractivity contribution is 0.258. The van der Waals surface area contributed by atoms with Gasteiger partial charge in [-0.1, -0.05) is 13.8 Å². The number of aromatic nitrogens is 1. The van der Waals surface area contributed by atoms with E-state index < -0.39 is 9.84 Å². The fraction of sp³-hybridized carbons (Fsp3) is 0.769. The average molecular weight is 332 g/mol. The third-order valence-corrected chi connectivity index (χ3v) is 6.66. The minimum absolute atomic E-state index is 0.123. The summed E-state index contributed by atoms with van der Waals surface area (Å²) >= 11 is 1.20. The van der Waals surface area contributed by atoms with Crippen LogP contribution < -0.4 is 10.6 Å². The lowest BCUT2D eigenvalue weighted by Crippen LogP contribution is -2.46. The number of nitrogens with zero attached hydrogens (tertiary/aromatic N) is 3. The van der Waals surface area contributed by atoms with E-state index in [2.05, 4.69) is 21.1 Å². The molecule has 0 spiro atoms. The van der Waals surface area contributed by atoms with E-state index in [9.17, 15) is 8.42 Å². The monoisotopic (exact) mass is 332 g/mol. The summed E-state index contributed by atoms with van der Waals surface area (Å²) in [6.45, 7) is 8.70. The fourth-order valence-electron chi connectivity index (χ4n) is 2.64. The number of rotatable bonds is 6. The zero-order chi connectivity index (χ0) is 15.5. The molecule has 2 N–H and O–H groups in total. The number of piperazine rings is 1. The summed E-state index contributed by atoms with van der Waals surface area (Å²) in [6, 6.07) is 0. The van der Waals surface area contributed by atoms with Crippen LogP contribution in [0.3, 0.4) is 0 Å². The van der Waals surface area contributed by atoms with Crippen LogP contribution in [0.2, 0.25) is 0 Å². The van der Waals surface area contributed by atoms with Crippen molar-refractivity contribution in [1.82, 2.24) is 9.27 Å². The van der Waals surface area contributed by atoms with Gasteiger partial charge in [0, 0.05) is 26.2 Å². The Balaban J connectivity index is 2.19. The summed E-state index contributed by atoms with van der Waals surface area (Å²) in [5.74, 6) is 0.276. The molecule has 2 heterocycles. The van der Waals surface area contributed by atoms with Gasteiger partial charge in [-0.3, -0.25) is 4.90 Å². The van der Waals surface area contributed by atoms with E-state index in [4.69, 9.17) is 5.73 Å². The summed E-state index contributed by atoms with van der Waals surface area (Å²) < 4.78 is 28.9. The summed E-state index contributed by atoms with van der Waals surface area (Å²) in [5.41, 5.74) is 5.82. The van der Waals surface area contributed by atoms with Crippen LogP contribution in [-0.4, -0.2) is 56.2 Å². The molecule has 1 fully saturated rings. The largest absolute Gasteiger partial charge is 0.382 e. The lowest BCUT2D eigenvalue weighted by Gasteiger charge is -2.35. The van der Waals surface area contributed by atoms with Crippen LogP contribution in [0.4, 0.5) is 10.8 Å². The number of nitrogen functional groups attached to an aromatic ring is 1. The number of hydrogen-bond acceptors (Lipinski definition) is 7. The van der Waals surface area contributed by atoms with Gasteiger partial charge in [-0.15, -0.1) is 0 Å². The van der Waals surface area contributed by atoms with Crippen molar-refractivity contribution in [3.8, 4) is 0 Å². The Morgan fingerprint density at radius 3 is 2.43 bits per heavy atom. The van der Waals surface area contributed by atoms with Gasteiger partial charge in [0.05, 0.1) is 5.75 Å². The molecule has 0 saturated carbocycles. The third kappa shape index (κ3) is 3.67. The topological polar surface area (TPSA) is 79.5 Å². The predicted octanol–water partition coefficient (Wildman–Crippen LogP) is 1.44. The SMILES string of the molecule is CCCN1CCN(c2snc(N)c2S(=O)(=O)CCC)CC1. The number of hydrogen-bond donors (Lipinski definition) is 1. The van der Waals surface area contributed by atoms with Gasteiger partial charge in [0.15, 0.2) is 15.7 Å². The zero-order valence-corrected chi connectivity index (χ0v) is 14.3. The van der Waals surface area contributed by atoms with Crippen LogP contribution >= 0.6 is 11.5 Å². The van der Waals surface area contributed by atoms with Gasteiger partial charge >= 0.3 is 0 Å². The maximum absolute atomic E-state index is 12.4. The first-order chi connectivity index (χ1) is 9.99. The van der Waals surface area contributed by atoms with Crippen molar-refractivity contribution in [2.45, 2.75) is 31.6 Å². The van der Waals surface area contributed by atoms with Gasteiger partial charge in [0.2, 0.25) is 0 Å². The van der Waals surface area contributed by atoms with Crippen LogP contribution in [0.15, 0.2) is 4.90 Å². The van der Waals surface area contributed by atoms with Crippen molar-refractivity contribution in [3.05, 3.63) is 0 Å². The van der Waals surface area contributed by atoms with E-state index in [0.717, 1.165) is 44.1 Å². The molecule has 0 atom stereocenters. The molecule has 21 heavy (non-hydrogen) atoms. The molecule has 0 aliphatic carbocycles. The molecule has 120 valence electrons. The van der Waals surface area contributed by atoms with Gasteiger partial charge in [0.25, 0.3) is 0 Å². The highest BCUT2D eigenvalue weighted by Gasteiger charge is 2.29. The van der Waals surface area contributed by atoms with Crippen LogP contribution in [-0.2, 0) is 9.84 Å². The third-order valence-electron chi connectivity index (χ3n) is 3.64. The number of anilines is 2. The van der Waals surface area contributed by atoms with Crippen LogP contribution in [0.1, 0.15) is 26.7 Å². The summed E-state index contributed by atoms with van der Waals surface area (Å²) in [5, 5.41) is 0.720. The van der Waals surface area contributed by atoms with Crippen molar-refractivity contribution in [3.63, 3.8) is 0 Å². The molecule has 0 unspecified atom stereocenters. The highest BCUT2D eigenvalue weighted by atomic mass is 32.2. The van der Waals surface area contributed by atoms with E-state index in [-0.39, 0.29) is 16.5 Å². The maximum Gasteiger partial charge on any atom is 0.185 e. The Kier molecular flexibility index (Phi) is 5.45. The lowest BCUT2D eigenvalue weighted by atomic mass is 10.3. The van der Waals surface area contributed by atoms with Crippen molar-refractivity contribution >= 4 is 32.2 Å². The highest BCUT2D eigenvalue weighted by Crippen LogP contribution is 2.36. The van der Waals surface area contributed by atoms with Crippen LogP contribution in [0.5, 0.6) is 0 Å². The Morgan fingerprint density at radius 2 is 1.86 bits per heavy atom. The van der Waals surface area contributed by atoms with Crippen molar-refractivity contribution in [2.75, 3.05) is 49.1 Å². The van der Waals surface area contributed by atoms with E-state index in [0.29, 0.717) is 6.42 Å². The van der Waals surface area contributed by atoms with E-state index in [1.165, 1.54) is 11.5 Å². The van der Waals surface area contributed by atoms with Gasteiger partial charge in [-0.05, 0) is 30.9 Å². The smallest absolute Gasteiger partial charge is 0.185 e. The van der Waals surface area contributed by atoms with Crippen molar-refractivity contribution < 1.29 is 8.42 Å². The van der Waals surface area contributed by atoms with Crippen LogP contribution in [0, 0.1) is 0 Å². The summed E-state index contributed by atoms with van der Waals surface area (Å²) in [4.78, 5) is 4.77. The Bertz CT molecular complexity index is 563. The van der Waals surface area contributed by atoms with Gasteiger partial charge in [-0.2, -0.15) is 4.37 Å². The number of nitrogens with two attached hydrogens (primary N) is 1. The van der Waals surface area contributed by atoms with Gasteiger partial charge in [0.1, 0.15) is 9.90 Å².